The van der Waals surface area contributed by atoms with Crippen molar-refractivity contribution in [3.05, 3.63) is 39.9 Å². The number of Topliss-reactive ketones (excluding diaryl/α,β-unsaturated/α-hetero) is 1. The summed E-state index contributed by atoms with van der Waals surface area (Å²) in [4.78, 5) is 48.0. The number of benzene rings is 1. The van der Waals surface area contributed by atoms with Gasteiger partial charge in [-0.15, -0.1) is 0 Å². The minimum absolute atomic E-state index is 0.230. The van der Waals surface area contributed by atoms with Crippen LogP contribution in [0.1, 0.15) is 24.8 Å². The van der Waals surface area contributed by atoms with Gasteiger partial charge in [0.1, 0.15) is 11.7 Å². The predicted molar refractivity (Wildman–Crippen MR) is 91.2 cm³/mol. The molecule has 1 aromatic carbocycles. The van der Waals surface area contributed by atoms with Gasteiger partial charge in [-0.3, -0.25) is 24.5 Å². The molecule has 0 saturated heterocycles. The van der Waals surface area contributed by atoms with Gasteiger partial charge in [-0.25, -0.2) is 0 Å². The SMILES string of the molecule is CNC(=O)[C@@H]1C(=O)C[C@](C)(O)[C@@H](C(=O)NC)[C@@H]1c1cccc([N+](=O)[O-])c1. The van der Waals surface area contributed by atoms with Crippen LogP contribution in [0.4, 0.5) is 5.69 Å². The highest BCUT2D eigenvalue weighted by Crippen LogP contribution is 2.46. The van der Waals surface area contributed by atoms with Gasteiger partial charge in [0.15, 0.2) is 0 Å². The lowest BCUT2D eigenvalue weighted by atomic mass is 9.61. The normalized spacial score (nSPS) is 28.3. The average Bonchev–Trinajstić information content (AvgIpc) is 2.59. The fraction of sp³-hybridized carbons (Fsp3) is 0.471. The Kier molecular flexibility index (Phi) is 5.41. The van der Waals surface area contributed by atoms with Crippen molar-refractivity contribution in [2.75, 3.05) is 14.1 Å². The summed E-state index contributed by atoms with van der Waals surface area (Å²) < 4.78 is 0. The van der Waals surface area contributed by atoms with E-state index in [1.165, 1.54) is 45.3 Å². The molecule has 3 N–H and O–H groups in total. The first-order valence-corrected chi connectivity index (χ1v) is 8.06. The van der Waals surface area contributed by atoms with Gasteiger partial charge in [-0.05, 0) is 12.5 Å². The van der Waals surface area contributed by atoms with Crippen molar-refractivity contribution < 1.29 is 24.4 Å². The van der Waals surface area contributed by atoms with Crippen LogP contribution in [0.25, 0.3) is 0 Å². The molecule has 0 spiro atoms. The molecule has 0 heterocycles. The van der Waals surface area contributed by atoms with Crippen LogP contribution >= 0.6 is 0 Å². The maximum atomic E-state index is 12.6. The number of nitrogens with zero attached hydrogens (tertiary/aromatic N) is 1. The number of carbonyl (C=O) groups excluding carboxylic acids is 3. The molecule has 2 amide bonds. The summed E-state index contributed by atoms with van der Waals surface area (Å²) in [5.41, 5.74) is -1.65. The first kappa shape index (κ1) is 19.5. The van der Waals surface area contributed by atoms with E-state index < -0.39 is 45.9 Å². The van der Waals surface area contributed by atoms with Gasteiger partial charge in [0, 0.05) is 38.6 Å². The number of amides is 2. The maximum absolute atomic E-state index is 12.6. The second kappa shape index (κ2) is 7.20. The van der Waals surface area contributed by atoms with Crippen molar-refractivity contribution in [2.45, 2.75) is 24.9 Å². The molecule has 26 heavy (non-hydrogen) atoms. The molecule has 0 radical (unpaired) electrons. The van der Waals surface area contributed by atoms with E-state index in [0.717, 1.165) is 0 Å². The average molecular weight is 363 g/mol. The maximum Gasteiger partial charge on any atom is 0.269 e. The monoisotopic (exact) mass is 363 g/mol. The third kappa shape index (κ3) is 3.43. The van der Waals surface area contributed by atoms with Crippen molar-refractivity contribution >= 4 is 23.3 Å². The summed E-state index contributed by atoms with van der Waals surface area (Å²) in [6, 6.07) is 5.43. The molecule has 1 aromatic rings. The standard InChI is InChI=1S/C17H21N3O6/c1-17(24)8-11(21)13(15(22)18-2)12(14(17)16(23)19-3)9-5-4-6-10(7-9)20(25)26/h4-7,12-14,24H,8H2,1-3H3,(H,18,22)(H,19,23)/t12-,13-,14-,17+/m1/s1. The third-order valence-corrected chi connectivity index (χ3v) is 4.79. The van der Waals surface area contributed by atoms with E-state index >= 15 is 0 Å². The summed E-state index contributed by atoms with van der Waals surface area (Å²) >= 11 is 0. The fourth-order valence-electron chi connectivity index (χ4n) is 3.65. The lowest BCUT2D eigenvalue weighted by Gasteiger charge is -2.44. The van der Waals surface area contributed by atoms with Gasteiger partial charge in [0.05, 0.1) is 16.4 Å². The van der Waals surface area contributed by atoms with E-state index in [-0.39, 0.29) is 17.7 Å². The first-order chi connectivity index (χ1) is 12.1. The molecule has 1 fully saturated rings. The smallest absolute Gasteiger partial charge is 0.269 e. The zero-order valence-corrected chi connectivity index (χ0v) is 14.7. The number of nitro benzene ring substituents is 1. The number of nitrogens with one attached hydrogen (secondary N) is 2. The number of aliphatic hydroxyl groups is 1. The molecule has 1 saturated carbocycles. The van der Waals surface area contributed by atoms with E-state index in [1.54, 1.807) is 0 Å². The van der Waals surface area contributed by atoms with Crippen LogP contribution in [-0.2, 0) is 14.4 Å². The van der Waals surface area contributed by atoms with Crippen molar-refractivity contribution in [3.8, 4) is 0 Å². The molecule has 4 atom stereocenters. The van der Waals surface area contributed by atoms with Crippen molar-refractivity contribution in [1.29, 1.82) is 0 Å². The number of hydrogen-bond donors (Lipinski definition) is 3. The van der Waals surface area contributed by atoms with E-state index in [0.29, 0.717) is 0 Å². The van der Waals surface area contributed by atoms with Gasteiger partial charge < -0.3 is 15.7 Å². The quantitative estimate of drug-likeness (QED) is 0.395. The Hall–Kier alpha value is -2.81. The fourth-order valence-corrected chi connectivity index (χ4v) is 3.65. The second-order valence-corrected chi connectivity index (χ2v) is 6.56. The van der Waals surface area contributed by atoms with Crippen LogP contribution in [-0.4, -0.2) is 47.3 Å². The van der Waals surface area contributed by atoms with Crippen LogP contribution in [0, 0.1) is 22.0 Å². The molecule has 0 aromatic heterocycles. The van der Waals surface area contributed by atoms with Gasteiger partial charge >= 0.3 is 0 Å². The zero-order valence-electron chi connectivity index (χ0n) is 14.7. The van der Waals surface area contributed by atoms with Gasteiger partial charge in [0.25, 0.3) is 5.69 Å². The highest BCUT2D eigenvalue weighted by atomic mass is 16.6. The molecule has 0 bridgehead atoms. The minimum atomic E-state index is -1.70. The van der Waals surface area contributed by atoms with Gasteiger partial charge in [-0.1, -0.05) is 12.1 Å². The van der Waals surface area contributed by atoms with E-state index in [2.05, 4.69) is 10.6 Å². The molecule has 140 valence electrons. The highest BCUT2D eigenvalue weighted by molar-refractivity contribution is 6.05. The van der Waals surface area contributed by atoms with E-state index in [9.17, 15) is 29.6 Å². The van der Waals surface area contributed by atoms with Crippen LogP contribution in [0.2, 0.25) is 0 Å². The molecule has 9 nitrogen and oxygen atoms in total. The Balaban J connectivity index is 2.69. The van der Waals surface area contributed by atoms with Crippen LogP contribution in [0.15, 0.2) is 24.3 Å². The number of non-ortho nitro benzene ring substituents is 1. The highest BCUT2D eigenvalue weighted by Gasteiger charge is 2.55. The Morgan fingerprint density at radius 1 is 1.27 bits per heavy atom. The third-order valence-electron chi connectivity index (χ3n) is 4.79. The lowest BCUT2D eigenvalue weighted by Crippen LogP contribution is -2.57. The second-order valence-electron chi connectivity index (χ2n) is 6.56. The van der Waals surface area contributed by atoms with E-state index in [1.807, 2.05) is 0 Å². The summed E-state index contributed by atoms with van der Waals surface area (Å²) in [5, 5.41) is 26.7. The summed E-state index contributed by atoms with van der Waals surface area (Å²) in [6.45, 7) is 1.36. The van der Waals surface area contributed by atoms with Crippen molar-refractivity contribution in [3.63, 3.8) is 0 Å². The lowest BCUT2D eigenvalue weighted by molar-refractivity contribution is -0.385. The Morgan fingerprint density at radius 3 is 2.42 bits per heavy atom. The van der Waals surface area contributed by atoms with Gasteiger partial charge in [-0.2, -0.15) is 0 Å². The van der Waals surface area contributed by atoms with Crippen molar-refractivity contribution in [1.82, 2.24) is 10.6 Å². The molecule has 1 aliphatic rings. The molecule has 2 rings (SSSR count). The Morgan fingerprint density at radius 2 is 1.88 bits per heavy atom. The number of nitro groups is 1. The summed E-state index contributed by atoms with van der Waals surface area (Å²) in [6.07, 6.45) is -0.366. The Bertz CT molecular complexity index is 761. The number of hydrogen-bond acceptors (Lipinski definition) is 6. The largest absolute Gasteiger partial charge is 0.389 e. The number of carbonyl (C=O) groups is 3. The number of ketones is 1. The van der Waals surface area contributed by atoms with Crippen molar-refractivity contribution in [2.24, 2.45) is 11.8 Å². The van der Waals surface area contributed by atoms with Crippen LogP contribution in [0.3, 0.4) is 0 Å². The first-order valence-electron chi connectivity index (χ1n) is 8.06. The zero-order chi connectivity index (χ0) is 19.6. The minimum Gasteiger partial charge on any atom is -0.389 e. The number of rotatable bonds is 4. The van der Waals surface area contributed by atoms with Crippen LogP contribution in [0.5, 0.6) is 0 Å². The summed E-state index contributed by atoms with van der Waals surface area (Å²) in [5.74, 6) is -5.07. The topological polar surface area (TPSA) is 139 Å². The molecular formula is C17H21N3O6. The van der Waals surface area contributed by atoms with Gasteiger partial charge in [0.2, 0.25) is 11.8 Å². The molecule has 9 heteroatoms. The summed E-state index contributed by atoms with van der Waals surface area (Å²) in [7, 11) is 2.75. The predicted octanol–water partition coefficient (Wildman–Crippen LogP) is 0.127. The Labute approximate surface area is 149 Å². The molecule has 0 unspecified atom stereocenters. The molecule has 0 aliphatic heterocycles. The van der Waals surface area contributed by atoms with E-state index in [4.69, 9.17) is 0 Å². The molecular weight excluding hydrogens is 342 g/mol. The molecule has 1 aliphatic carbocycles. The van der Waals surface area contributed by atoms with Crippen LogP contribution < -0.4 is 10.6 Å².